The number of hydrogen-bond acceptors (Lipinski definition) is 6. The number of nitrogens with zero attached hydrogens (tertiary/aromatic N) is 2. The fourth-order valence-corrected chi connectivity index (χ4v) is 3.41. The number of hydrogen-bond donors (Lipinski definition) is 0. The van der Waals surface area contributed by atoms with Crippen molar-refractivity contribution in [3.8, 4) is 11.5 Å². The van der Waals surface area contributed by atoms with E-state index in [1.165, 1.54) is 28.7 Å². The van der Waals surface area contributed by atoms with E-state index in [2.05, 4.69) is 10.2 Å². The molecule has 0 aliphatic heterocycles. The lowest BCUT2D eigenvalue weighted by Gasteiger charge is -1.96. The van der Waals surface area contributed by atoms with Gasteiger partial charge in [-0.25, -0.2) is 0 Å². The summed E-state index contributed by atoms with van der Waals surface area (Å²) >= 11 is 2.77. The van der Waals surface area contributed by atoms with Gasteiger partial charge in [-0.3, -0.25) is 4.79 Å². The zero-order chi connectivity index (χ0) is 15.5. The van der Waals surface area contributed by atoms with Gasteiger partial charge >= 0.3 is 0 Å². The molecule has 0 atom stereocenters. The lowest BCUT2D eigenvalue weighted by Crippen LogP contribution is -1.99. The second kappa shape index (κ2) is 6.46. The third kappa shape index (κ3) is 3.45. The minimum absolute atomic E-state index is 0.0817. The molecule has 3 rings (SSSR count). The molecule has 0 aliphatic carbocycles. The van der Waals surface area contributed by atoms with Crippen molar-refractivity contribution < 1.29 is 9.21 Å². The molecule has 3 aromatic rings. The molecule has 0 bridgehead atoms. The van der Waals surface area contributed by atoms with Crippen LogP contribution in [0.25, 0.3) is 11.5 Å². The molecule has 4 nitrogen and oxygen atoms in total. The summed E-state index contributed by atoms with van der Waals surface area (Å²) in [7, 11) is 0. The first kappa shape index (κ1) is 15.0. The molecule has 22 heavy (non-hydrogen) atoms. The predicted molar refractivity (Wildman–Crippen MR) is 88.6 cm³/mol. The second-order valence-electron chi connectivity index (χ2n) is 4.86. The number of thiophene rings is 1. The first-order valence-corrected chi connectivity index (χ1v) is 8.55. The Balaban J connectivity index is 1.64. The molecule has 6 heteroatoms. The molecule has 0 radical (unpaired) electrons. The highest BCUT2D eigenvalue weighted by molar-refractivity contribution is 7.99. The smallest absolute Gasteiger partial charge is 0.277 e. The number of carbonyl (C=O) groups excluding carboxylic acids is 1. The van der Waals surface area contributed by atoms with Crippen LogP contribution in [0.5, 0.6) is 0 Å². The summed E-state index contributed by atoms with van der Waals surface area (Å²) in [4.78, 5) is 13.9. The monoisotopic (exact) mass is 330 g/mol. The Hall–Kier alpha value is -1.92. The van der Waals surface area contributed by atoms with E-state index in [4.69, 9.17) is 4.42 Å². The van der Waals surface area contributed by atoms with E-state index in [1.807, 2.05) is 50.2 Å². The molecular formula is C16H14N2O2S2. The zero-order valence-corrected chi connectivity index (χ0v) is 13.8. The number of aryl methyl sites for hydroxylation is 2. The van der Waals surface area contributed by atoms with E-state index in [9.17, 15) is 4.79 Å². The van der Waals surface area contributed by atoms with Crippen molar-refractivity contribution in [1.29, 1.82) is 0 Å². The Labute approximate surface area is 136 Å². The van der Waals surface area contributed by atoms with Gasteiger partial charge < -0.3 is 4.42 Å². The van der Waals surface area contributed by atoms with Crippen LogP contribution in [-0.2, 0) is 0 Å². The first-order valence-electron chi connectivity index (χ1n) is 6.75. The Morgan fingerprint density at radius 3 is 2.59 bits per heavy atom. The van der Waals surface area contributed by atoms with Crippen LogP contribution in [-0.4, -0.2) is 21.7 Å². The number of carbonyl (C=O) groups is 1. The van der Waals surface area contributed by atoms with Gasteiger partial charge in [0, 0.05) is 10.4 Å². The molecule has 0 spiro atoms. The van der Waals surface area contributed by atoms with Crippen LogP contribution in [0.15, 0.2) is 46.0 Å². The van der Waals surface area contributed by atoms with Crippen molar-refractivity contribution in [3.63, 3.8) is 0 Å². The molecule has 0 fully saturated rings. The van der Waals surface area contributed by atoms with Gasteiger partial charge in [0.05, 0.1) is 10.6 Å². The van der Waals surface area contributed by atoms with E-state index in [0.717, 1.165) is 15.3 Å². The molecule has 0 N–H and O–H groups in total. The Morgan fingerprint density at radius 1 is 1.14 bits per heavy atom. The molecule has 2 aromatic heterocycles. The maximum Gasteiger partial charge on any atom is 0.277 e. The number of thioether (sulfide) groups is 1. The first-order chi connectivity index (χ1) is 10.6. The summed E-state index contributed by atoms with van der Waals surface area (Å²) in [6.45, 7) is 4.01. The van der Waals surface area contributed by atoms with Crippen LogP contribution in [0, 0.1) is 13.8 Å². The fraction of sp³-hybridized carbons (Fsp3) is 0.188. The lowest BCUT2D eigenvalue weighted by molar-refractivity contribution is 0.102. The summed E-state index contributed by atoms with van der Waals surface area (Å²) in [6, 6.07) is 11.7. The minimum Gasteiger partial charge on any atom is -0.411 e. The highest BCUT2D eigenvalue weighted by atomic mass is 32.2. The molecule has 112 valence electrons. The third-order valence-corrected chi connectivity index (χ3v) is 4.91. The summed E-state index contributed by atoms with van der Waals surface area (Å²) in [5.41, 5.74) is 2.06. The van der Waals surface area contributed by atoms with Gasteiger partial charge in [-0.05, 0) is 38.1 Å². The number of benzene rings is 1. The van der Waals surface area contributed by atoms with Crippen LogP contribution >= 0.6 is 23.1 Å². The van der Waals surface area contributed by atoms with Crippen LogP contribution in [0.4, 0.5) is 0 Å². The Kier molecular flexibility index (Phi) is 4.40. The highest BCUT2D eigenvalue weighted by Crippen LogP contribution is 2.25. The van der Waals surface area contributed by atoms with E-state index in [-0.39, 0.29) is 5.78 Å². The van der Waals surface area contributed by atoms with E-state index < -0.39 is 0 Å². The molecule has 0 amide bonds. The van der Waals surface area contributed by atoms with Crippen molar-refractivity contribution in [2.45, 2.75) is 19.1 Å². The predicted octanol–water partition coefficient (Wildman–Crippen LogP) is 4.39. The summed E-state index contributed by atoms with van der Waals surface area (Å²) < 4.78 is 5.59. The quantitative estimate of drug-likeness (QED) is 0.513. The van der Waals surface area contributed by atoms with E-state index >= 15 is 0 Å². The molecule has 1 aromatic carbocycles. The lowest BCUT2D eigenvalue weighted by atomic mass is 10.1. The molecule has 0 unspecified atom stereocenters. The van der Waals surface area contributed by atoms with Crippen molar-refractivity contribution in [1.82, 2.24) is 10.2 Å². The summed E-state index contributed by atoms with van der Waals surface area (Å²) in [5, 5.41) is 8.42. The average molecular weight is 330 g/mol. The minimum atomic E-state index is 0.0817. The van der Waals surface area contributed by atoms with Gasteiger partial charge in [-0.1, -0.05) is 29.5 Å². The average Bonchev–Trinajstić information content (AvgIpc) is 3.15. The molecule has 0 saturated carbocycles. The molecule has 0 saturated heterocycles. The van der Waals surface area contributed by atoms with Crippen LogP contribution in [0.2, 0.25) is 0 Å². The Bertz CT molecular complexity index is 791. The van der Waals surface area contributed by atoms with E-state index in [0.29, 0.717) is 16.9 Å². The molecular weight excluding hydrogens is 316 g/mol. The van der Waals surface area contributed by atoms with Gasteiger partial charge in [-0.15, -0.1) is 21.5 Å². The highest BCUT2D eigenvalue weighted by Gasteiger charge is 2.13. The molecule has 0 aliphatic rings. The zero-order valence-electron chi connectivity index (χ0n) is 12.2. The van der Waals surface area contributed by atoms with Crippen molar-refractivity contribution in [2.24, 2.45) is 0 Å². The maximum atomic E-state index is 12.0. The van der Waals surface area contributed by atoms with Gasteiger partial charge in [0.2, 0.25) is 5.89 Å². The van der Waals surface area contributed by atoms with Crippen LogP contribution in [0.1, 0.15) is 20.1 Å². The Morgan fingerprint density at radius 2 is 1.91 bits per heavy atom. The van der Waals surface area contributed by atoms with Crippen LogP contribution < -0.4 is 0 Å². The topological polar surface area (TPSA) is 56.0 Å². The normalized spacial score (nSPS) is 10.8. The van der Waals surface area contributed by atoms with Gasteiger partial charge in [-0.2, -0.15) is 0 Å². The number of Topliss-reactive ketones (excluding diaryl/α,β-unsaturated/α-hetero) is 1. The van der Waals surface area contributed by atoms with E-state index in [1.54, 1.807) is 0 Å². The molecule has 2 heterocycles. The standard InChI is InChI=1S/C16H14N2O2S2/c1-10-3-6-12(7-4-10)15-17-18-16(20-15)21-9-13(19)14-8-5-11(2)22-14/h3-8H,9H2,1-2H3. The van der Waals surface area contributed by atoms with Gasteiger partial charge in [0.1, 0.15) is 0 Å². The second-order valence-corrected chi connectivity index (χ2v) is 7.08. The van der Waals surface area contributed by atoms with Gasteiger partial charge in [0.25, 0.3) is 5.22 Å². The van der Waals surface area contributed by atoms with Gasteiger partial charge in [0.15, 0.2) is 5.78 Å². The number of aromatic nitrogens is 2. The summed E-state index contributed by atoms with van der Waals surface area (Å²) in [6.07, 6.45) is 0. The van der Waals surface area contributed by atoms with Crippen molar-refractivity contribution in [3.05, 3.63) is 51.7 Å². The maximum absolute atomic E-state index is 12.0. The summed E-state index contributed by atoms with van der Waals surface area (Å²) in [5.74, 6) is 0.857. The SMILES string of the molecule is Cc1ccc(-c2nnc(SCC(=O)c3ccc(C)s3)o2)cc1. The number of rotatable bonds is 5. The number of ketones is 1. The third-order valence-electron chi connectivity index (χ3n) is 3.05. The van der Waals surface area contributed by atoms with Crippen molar-refractivity contribution in [2.75, 3.05) is 5.75 Å². The fourth-order valence-electron chi connectivity index (χ4n) is 1.86. The van der Waals surface area contributed by atoms with Crippen LogP contribution in [0.3, 0.4) is 0 Å². The largest absolute Gasteiger partial charge is 0.411 e. The van der Waals surface area contributed by atoms with Crippen molar-refractivity contribution >= 4 is 28.9 Å².